The topological polar surface area (TPSA) is 112 Å². The third kappa shape index (κ3) is 4.79. The molecule has 0 saturated heterocycles. The number of aryl methyl sites for hydroxylation is 1. The first-order valence-corrected chi connectivity index (χ1v) is 10.5. The lowest BCUT2D eigenvalue weighted by molar-refractivity contribution is -0.123. The summed E-state index contributed by atoms with van der Waals surface area (Å²) in [5.41, 5.74) is 1.96. The zero-order chi connectivity index (χ0) is 21.2. The molecule has 3 rings (SSSR count). The molecule has 0 bridgehead atoms. The predicted molar refractivity (Wildman–Crippen MR) is 104 cm³/mol. The first kappa shape index (κ1) is 21.3. The summed E-state index contributed by atoms with van der Waals surface area (Å²) in [5, 5.41) is 0. The first-order valence-electron chi connectivity index (χ1n) is 9.02. The molecule has 0 heterocycles. The van der Waals surface area contributed by atoms with Crippen LogP contribution in [0.3, 0.4) is 0 Å². The van der Waals surface area contributed by atoms with E-state index in [4.69, 9.17) is 24.1 Å². The molecule has 8 nitrogen and oxygen atoms in total. The van der Waals surface area contributed by atoms with Gasteiger partial charge >= 0.3 is 7.82 Å². The number of rotatable bonds is 8. The number of phosphoric acid groups is 1. The van der Waals surface area contributed by atoms with Crippen LogP contribution in [0.4, 0.5) is 0 Å². The van der Waals surface area contributed by atoms with Crippen LogP contribution >= 0.6 is 7.82 Å². The molecule has 0 spiro atoms. The van der Waals surface area contributed by atoms with Gasteiger partial charge in [0.15, 0.2) is 11.5 Å². The van der Waals surface area contributed by atoms with Gasteiger partial charge in [-0.25, -0.2) is 4.57 Å². The van der Waals surface area contributed by atoms with Gasteiger partial charge in [0.05, 0.1) is 19.8 Å². The lowest BCUT2D eigenvalue weighted by Gasteiger charge is -2.36. The molecule has 1 fully saturated rings. The molecule has 0 amide bonds. The maximum atomic E-state index is 13.2. The molecule has 2 N–H and O–H groups in total. The molecular formula is C20H23O8P. The average molecular weight is 422 g/mol. The first-order chi connectivity index (χ1) is 13.7. The van der Waals surface area contributed by atoms with Gasteiger partial charge in [0.1, 0.15) is 11.5 Å². The average Bonchev–Trinajstić information content (AvgIpc) is 2.66. The standard InChI is InChI=1S/C20H23O8P/c1-12-4-5-13(10-19(12)27-28-29(22,23)24)15-7-8-16(15)20(21)17-11-14(25-2)6-9-18(17)26-3/h4-6,9-11,15-16H,7-8H2,1-3H3,(H2,22,23,24). The maximum Gasteiger partial charge on any atom is 0.505 e. The lowest BCUT2D eigenvalue weighted by atomic mass is 9.67. The summed E-state index contributed by atoms with van der Waals surface area (Å²) in [6.45, 7) is 1.73. The Morgan fingerprint density at radius 3 is 2.38 bits per heavy atom. The number of Topliss-reactive ketones (excluding diaryl/α,β-unsaturated/α-hetero) is 1. The van der Waals surface area contributed by atoms with Gasteiger partial charge in [0.2, 0.25) is 0 Å². The van der Waals surface area contributed by atoms with Crippen LogP contribution < -0.4 is 14.4 Å². The van der Waals surface area contributed by atoms with Crippen molar-refractivity contribution in [3.8, 4) is 17.2 Å². The minimum Gasteiger partial charge on any atom is -0.497 e. The van der Waals surface area contributed by atoms with Gasteiger partial charge < -0.3 is 24.1 Å². The highest BCUT2D eigenvalue weighted by Gasteiger charge is 2.39. The van der Waals surface area contributed by atoms with Crippen LogP contribution in [0.2, 0.25) is 0 Å². The van der Waals surface area contributed by atoms with E-state index >= 15 is 0 Å². The Hall–Kier alpha value is -2.38. The summed E-state index contributed by atoms with van der Waals surface area (Å²) in [5.74, 6) is 0.940. The van der Waals surface area contributed by atoms with Gasteiger partial charge in [0.25, 0.3) is 0 Å². The van der Waals surface area contributed by atoms with Crippen molar-refractivity contribution >= 4 is 13.6 Å². The van der Waals surface area contributed by atoms with E-state index in [0.29, 0.717) is 22.6 Å². The summed E-state index contributed by atoms with van der Waals surface area (Å²) in [6, 6.07) is 10.4. The van der Waals surface area contributed by atoms with Gasteiger partial charge in [-0.05, 0) is 61.1 Å². The number of benzene rings is 2. The zero-order valence-electron chi connectivity index (χ0n) is 16.3. The number of ketones is 1. The third-order valence-electron chi connectivity index (χ3n) is 5.15. The van der Waals surface area contributed by atoms with Crippen molar-refractivity contribution in [3.63, 3.8) is 0 Å². The Kier molecular flexibility index (Phi) is 6.29. The molecule has 2 atom stereocenters. The Balaban J connectivity index is 1.83. The highest BCUT2D eigenvalue weighted by molar-refractivity contribution is 7.46. The Morgan fingerprint density at radius 1 is 1.03 bits per heavy atom. The summed E-state index contributed by atoms with van der Waals surface area (Å²) < 4.78 is 25.6. The molecule has 2 aromatic carbocycles. The second-order valence-corrected chi connectivity index (χ2v) is 8.02. The summed E-state index contributed by atoms with van der Waals surface area (Å²) >= 11 is 0. The predicted octanol–water partition coefficient (Wildman–Crippen LogP) is 3.79. The smallest absolute Gasteiger partial charge is 0.497 e. The number of ether oxygens (including phenoxy) is 2. The molecule has 2 unspecified atom stereocenters. The van der Waals surface area contributed by atoms with E-state index in [-0.39, 0.29) is 23.4 Å². The maximum absolute atomic E-state index is 13.2. The molecule has 0 aliphatic heterocycles. The molecule has 1 aliphatic rings. The van der Waals surface area contributed by atoms with Crippen LogP contribution in [-0.4, -0.2) is 29.8 Å². The fourth-order valence-corrected chi connectivity index (χ4v) is 3.62. The molecule has 1 saturated carbocycles. The number of hydrogen-bond donors (Lipinski definition) is 2. The molecule has 1 aliphatic carbocycles. The van der Waals surface area contributed by atoms with E-state index in [1.54, 1.807) is 37.3 Å². The SMILES string of the molecule is COc1ccc(OC)c(C(=O)C2CCC2c2ccc(C)c(OOP(=O)(O)O)c2)c1. The molecule has 0 radical (unpaired) electrons. The van der Waals surface area contributed by atoms with Gasteiger partial charge in [-0.2, -0.15) is 0 Å². The Labute approximate surface area is 168 Å². The van der Waals surface area contributed by atoms with E-state index < -0.39 is 7.82 Å². The van der Waals surface area contributed by atoms with Crippen LogP contribution in [0.5, 0.6) is 17.2 Å². The van der Waals surface area contributed by atoms with Crippen LogP contribution in [-0.2, 0) is 9.24 Å². The van der Waals surface area contributed by atoms with Crippen molar-refractivity contribution in [1.29, 1.82) is 0 Å². The fraction of sp³-hybridized carbons (Fsp3) is 0.350. The molecule has 0 aromatic heterocycles. The van der Waals surface area contributed by atoms with E-state index in [0.717, 1.165) is 18.4 Å². The van der Waals surface area contributed by atoms with Gasteiger partial charge in [0, 0.05) is 5.92 Å². The zero-order valence-corrected chi connectivity index (χ0v) is 17.2. The van der Waals surface area contributed by atoms with E-state index in [9.17, 15) is 9.36 Å². The fourth-order valence-electron chi connectivity index (χ4n) is 3.44. The van der Waals surface area contributed by atoms with E-state index in [1.165, 1.54) is 14.2 Å². The van der Waals surface area contributed by atoms with Crippen LogP contribution in [0.1, 0.15) is 40.2 Å². The van der Waals surface area contributed by atoms with Crippen molar-refractivity contribution in [2.75, 3.05) is 14.2 Å². The minimum absolute atomic E-state index is 0.0356. The van der Waals surface area contributed by atoms with Crippen molar-refractivity contribution in [1.82, 2.24) is 0 Å². The second kappa shape index (κ2) is 8.55. The highest BCUT2D eigenvalue weighted by Crippen LogP contribution is 2.46. The van der Waals surface area contributed by atoms with Crippen LogP contribution in [0, 0.1) is 12.8 Å². The van der Waals surface area contributed by atoms with Crippen molar-refractivity contribution in [3.05, 3.63) is 53.1 Å². The Bertz CT molecular complexity index is 951. The van der Waals surface area contributed by atoms with Crippen molar-refractivity contribution in [2.24, 2.45) is 5.92 Å². The second-order valence-electron chi connectivity index (χ2n) is 6.89. The summed E-state index contributed by atoms with van der Waals surface area (Å²) in [7, 11) is -1.72. The minimum atomic E-state index is -4.77. The third-order valence-corrected chi connectivity index (χ3v) is 5.42. The van der Waals surface area contributed by atoms with E-state index in [2.05, 4.69) is 4.67 Å². The largest absolute Gasteiger partial charge is 0.505 e. The molecule has 9 heteroatoms. The Morgan fingerprint density at radius 2 is 1.79 bits per heavy atom. The lowest BCUT2D eigenvalue weighted by Crippen LogP contribution is -2.31. The van der Waals surface area contributed by atoms with Crippen molar-refractivity contribution in [2.45, 2.75) is 25.7 Å². The number of methoxy groups -OCH3 is 2. The van der Waals surface area contributed by atoms with Crippen LogP contribution in [0.25, 0.3) is 0 Å². The van der Waals surface area contributed by atoms with Crippen LogP contribution in [0.15, 0.2) is 36.4 Å². The number of carbonyl (C=O) groups is 1. The van der Waals surface area contributed by atoms with Gasteiger partial charge in [-0.15, -0.1) is 0 Å². The number of hydrogen-bond acceptors (Lipinski definition) is 6. The molecular weight excluding hydrogens is 399 g/mol. The van der Waals surface area contributed by atoms with Gasteiger partial charge in [-0.1, -0.05) is 16.8 Å². The monoisotopic (exact) mass is 422 g/mol. The van der Waals surface area contributed by atoms with Gasteiger partial charge in [-0.3, -0.25) is 4.79 Å². The molecule has 2 aromatic rings. The van der Waals surface area contributed by atoms with Crippen molar-refractivity contribution < 1.29 is 38.2 Å². The molecule has 156 valence electrons. The molecule has 29 heavy (non-hydrogen) atoms. The van der Waals surface area contributed by atoms with E-state index in [1.807, 2.05) is 6.07 Å². The highest BCUT2D eigenvalue weighted by atomic mass is 31.2. The number of carbonyl (C=O) groups excluding carboxylic acids is 1. The summed E-state index contributed by atoms with van der Waals surface area (Å²) in [6.07, 6.45) is 1.54. The quantitative estimate of drug-likeness (QED) is 0.286. The normalized spacial score (nSPS) is 18.7. The summed E-state index contributed by atoms with van der Waals surface area (Å²) in [4.78, 5) is 35.7.